The SMILES string of the molecule is C[C@H](O/N=C\c1ccc(Br)cc1)C(=O)Nc1ccccc1C#N. The second-order valence-corrected chi connectivity index (χ2v) is 5.60. The molecule has 1 atom stereocenters. The van der Waals surface area contributed by atoms with Crippen LogP contribution in [0.15, 0.2) is 58.2 Å². The maximum atomic E-state index is 12.0. The van der Waals surface area contributed by atoms with Gasteiger partial charge in [0.25, 0.3) is 5.91 Å². The number of carbonyl (C=O) groups is 1. The van der Waals surface area contributed by atoms with Gasteiger partial charge in [0.1, 0.15) is 6.07 Å². The summed E-state index contributed by atoms with van der Waals surface area (Å²) in [5, 5.41) is 15.5. The van der Waals surface area contributed by atoms with Gasteiger partial charge in [-0.1, -0.05) is 45.4 Å². The van der Waals surface area contributed by atoms with Gasteiger partial charge in [-0.2, -0.15) is 5.26 Å². The molecule has 0 unspecified atom stereocenters. The van der Waals surface area contributed by atoms with Crippen LogP contribution in [-0.2, 0) is 9.63 Å². The first-order chi connectivity index (χ1) is 11.1. The number of nitrogens with one attached hydrogen (secondary N) is 1. The van der Waals surface area contributed by atoms with Crippen molar-refractivity contribution < 1.29 is 9.63 Å². The number of oxime groups is 1. The molecule has 0 aliphatic rings. The predicted molar refractivity (Wildman–Crippen MR) is 92.1 cm³/mol. The molecule has 2 rings (SSSR count). The number of rotatable bonds is 5. The van der Waals surface area contributed by atoms with Crippen LogP contribution in [0.2, 0.25) is 0 Å². The highest BCUT2D eigenvalue weighted by molar-refractivity contribution is 9.10. The molecule has 0 fully saturated rings. The van der Waals surface area contributed by atoms with Crippen LogP contribution in [-0.4, -0.2) is 18.2 Å². The Morgan fingerprint density at radius 2 is 2.00 bits per heavy atom. The first-order valence-corrected chi connectivity index (χ1v) is 7.64. The molecule has 0 spiro atoms. The summed E-state index contributed by atoms with van der Waals surface area (Å²) in [5.41, 5.74) is 1.70. The molecule has 0 aliphatic heterocycles. The number of halogens is 1. The van der Waals surface area contributed by atoms with Gasteiger partial charge in [-0.05, 0) is 36.8 Å². The standard InChI is InChI=1S/C17H14BrN3O2/c1-12(23-20-11-13-6-8-15(18)9-7-13)17(22)21-16-5-3-2-4-14(16)10-19/h2-9,11-12H,1H3,(H,21,22)/b20-11-/t12-/m0/s1. The summed E-state index contributed by atoms with van der Waals surface area (Å²) < 4.78 is 0.972. The fourth-order valence-corrected chi connectivity index (χ4v) is 1.97. The molecule has 5 nitrogen and oxygen atoms in total. The minimum absolute atomic E-state index is 0.374. The van der Waals surface area contributed by atoms with Crippen molar-refractivity contribution in [3.63, 3.8) is 0 Å². The Morgan fingerprint density at radius 1 is 1.30 bits per heavy atom. The Kier molecular flexibility index (Phi) is 5.89. The summed E-state index contributed by atoms with van der Waals surface area (Å²) in [6, 6.07) is 16.3. The van der Waals surface area contributed by atoms with E-state index in [1.54, 1.807) is 31.2 Å². The van der Waals surface area contributed by atoms with E-state index >= 15 is 0 Å². The first-order valence-electron chi connectivity index (χ1n) is 6.85. The second kappa shape index (κ2) is 8.11. The Bertz CT molecular complexity index is 751. The molecular weight excluding hydrogens is 358 g/mol. The highest BCUT2D eigenvalue weighted by Gasteiger charge is 2.15. The zero-order chi connectivity index (χ0) is 16.7. The van der Waals surface area contributed by atoms with Gasteiger partial charge in [-0.3, -0.25) is 4.79 Å². The molecule has 0 saturated heterocycles. The number of anilines is 1. The monoisotopic (exact) mass is 371 g/mol. The van der Waals surface area contributed by atoms with E-state index in [1.165, 1.54) is 6.21 Å². The van der Waals surface area contributed by atoms with Crippen molar-refractivity contribution in [1.29, 1.82) is 5.26 Å². The van der Waals surface area contributed by atoms with Crippen LogP contribution in [0, 0.1) is 11.3 Å². The van der Waals surface area contributed by atoms with Gasteiger partial charge in [-0.15, -0.1) is 0 Å². The normalized spacial score (nSPS) is 11.7. The molecule has 1 N–H and O–H groups in total. The summed E-state index contributed by atoms with van der Waals surface area (Å²) in [6.07, 6.45) is 0.743. The van der Waals surface area contributed by atoms with E-state index in [1.807, 2.05) is 30.3 Å². The minimum atomic E-state index is -0.784. The van der Waals surface area contributed by atoms with Crippen molar-refractivity contribution in [2.24, 2.45) is 5.16 Å². The van der Waals surface area contributed by atoms with Gasteiger partial charge in [-0.25, -0.2) is 0 Å². The van der Waals surface area contributed by atoms with Crippen molar-refractivity contribution in [1.82, 2.24) is 0 Å². The van der Waals surface area contributed by atoms with Crippen molar-refractivity contribution in [3.8, 4) is 6.07 Å². The number of carbonyl (C=O) groups excluding carboxylic acids is 1. The average Bonchev–Trinajstić information content (AvgIpc) is 2.57. The van der Waals surface area contributed by atoms with Crippen molar-refractivity contribution in [2.45, 2.75) is 13.0 Å². The van der Waals surface area contributed by atoms with E-state index in [0.717, 1.165) is 10.0 Å². The zero-order valence-electron chi connectivity index (χ0n) is 12.4. The number of nitrogens with zero attached hydrogens (tertiary/aromatic N) is 2. The quantitative estimate of drug-likeness (QED) is 0.643. The Hall–Kier alpha value is -2.65. The van der Waals surface area contributed by atoms with E-state index in [4.69, 9.17) is 10.1 Å². The van der Waals surface area contributed by atoms with Crippen molar-refractivity contribution in [2.75, 3.05) is 5.32 Å². The van der Waals surface area contributed by atoms with E-state index in [9.17, 15) is 4.79 Å². The summed E-state index contributed by atoms with van der Waals surface area (Å²) in [7, 11) is 0. The summed E-state index contributed by atoms with van der Waals surface area (Å²) in [6.45, 7) is 1.59. The average molecular weight is 372 g/mol. The Morgan fingerprint density at radius 3 is 2.70 bits per heavy atom. The molecule has 116 valence electrons. The number of amides is 1. The summed E-state index contributed by atoms with van der Waals surface area (Å²) in [5.74, 6) is -0.374. The molecule has 0 heterocycles. The fraction of sp³-hybridized carbons (Fsp3) is 0.118. The lowest BCUT2D eigenvalue weighted by Crippen LogP contribution is -2.26. The highest BCUT2D eigenvalue weighted by atomic mass is 79.9. The third-order valence-corrected chi connectivity index (χ3v) is 3.49. The molecule has 2 aromatic carbocycles. The van der Waals surface area contributed by atoms with Crippen LogP contribution in [0.25, 0.3) is 0 Å². The third kappa shape index (κ3) is 4.94. The van der Waals surface area contributed by atoms with Gasteiger partial charge < -0.3 is 10.2 Å². The number of nitriles is 1. The maximum Gasteiger partial charge on any atom is 0.268 e. The molecule has 1 amide bonds. The second-order valence-electron chi connectivity index (χ2n) is 4.68. The van der Waals surface area contributed by atoms with Crippen LogP contribution in [0.1, 0.15) is 18.1 Å². The number of para-hydroxylation sites is 1. The van der Waals surface area contributed by atoms with Crippen LogP contribution in [0.3, 0.4) is 0 Å². The first kappa shape index (κ1) is 16.7. The lowest BCUT2D eigenvalue weighted by Gasteiger charge is -2.11. The van der Waals surface area contributed by atoms with E-state index in [2.05, 4.69) is 26.4 Å². The van der Waals surface area contributed by atoms with Gasteiger partial charge >= 0.3 is 0 Å². The van der Waals surface area contributed by atoms with Crippen LogP contribution >= 0.6 is 15.9 Å². The number of benzene rings is 2. The summed E-state index contributed by atoms with van der Waals surface area (Å²) in [4.78, 5) is 17.2. The third-order valence-electron chi connectivity index (χ3n) is 2.97. The predicted octanol–water partition coefficient (Wildman–Crippen LogP) is 3.70. The van der Waals surface area contributed by atoms with Crippen LogP contribution < -0.4 is 5.32 Å². The molecule has 2 aromatic rings. The smallest absolute Gasteiger partial charge is 0.268 e. The van der Waals surface area contributed by atoms with Gasteiger partial charge in [0, 0.05) is 4.47 Å². The fourth-order valence-electron chi connectivity index (χ4n) is 1.70. The maximum absolute atomic E-state index is 12.0. The van der Waals surface area contributed by atoms with E-state index in [-0.39, 0.29) is 5.91 Å². The lowest BCUT2D eigenvalue weighted by atomic mass is 10.2. The van der Waals surface area contributed by atoms with Gasteiger partial charge in [0.2, 0.25) is 6.10 Å². The highest BCUT2D eigenvalue weighted by Crippen LogP contribution is 2.14. The van der Waals surface area contributed by atoms with Gasteiger partial charge in [0.15, 0.2) is 0 Å². The minimum Gasteiger partial charge on any atom is -0.383 e. The van der Waals surface area contributed by atoms with E-state index < -0.39 is 6.10 Å². The largest absolute Gasteiger partial charge is 0.383 e. The van der Waals surface area contributed by atoms with Crippen molar-refractivity contribution >= 4 is 33.7 Å². The molecule has 0 bridgehead atoms. The van der Waals surface area contributed by atoms with Gasteiger partial charge in [0.05, 0.1) is 17.5 Å². The molecule has 0 radical (unpaired) electrons. The molecule has 0 aromatic heterocycles. The number of hydrogen-bond acceptors (Lipinski definition) is 4. The zero-order valence-corrected chi connectivity index (χ0v) is 13.9. The van der Waals surface area contributed by atoms with Crippen molar-refractivity contribution in [3.05, 3.63) is 64.1 Å². The Balaban J connectivity index is 1.92. The van der Waals surface area contributed by atoms with E-state index in [0.29, 0.717) is 11.3 Å². The summed E-state index contributed by atoms with van der Waals surface area (Å²) >= 11 is 3.35. The van der Waals surface area contributed by atoms with Crippen LogP contribution in [0.4, 0.5) is 5.69 Å². The topological polar surface area (TPSA) is 74.5 Å². The molecular formula is C17H14BrN3O2. The number of hydrogen-bond donors (Lipinski definition) is 1. The van der Waals surface area contributed by atoms with Crippen LogP contribution in [0.5, 0.6) is 0 Å². The molecule has 6 heteroatoms. The Labute approximate surface area is 142 Å². The lowest BCUT2D eigenvalue weighted by molar-refractivity contribution is -0.126. The molecule has 0 saturated carbocycles. The molecule has 0 aliphatic carbocycles. The molecule has 23 heavy (non-hydrogen) atoms.